The first-order valence-corrected chi connectivity index (χ1v) is 8.71. The average Bonchev–Trinajstić information content (AvgIpc) is 2.41. The number of rotatable bonds is 4. The number of hydrogen-bond donors (Lipinski definition) is 4. The normalized spacial score (nSPS) is 12.0. The van der Waals surface area contributed by atoms with Crippen molar-refractivity contribution < 1.29 is 26.5 Å². The van der Waals surface area contributed by atoms with Crippen LogP contribution in [0.15, 0.2) is 52.3 Å². The van der Waals surface area contributed by atoms with Crippen molar-refractivity contribution >= 4 is 31.5 Å². The van der Waals surface area contributed by atoms with Crippen LogP contribution >= 0.6 is 0 Å². The average molecular weight is 344 g/mol. The topological polar surface area (TPSA) is 147 Å². The first-order chi connectivity index (χ1) is 10.1. The third kappa shape index (κ3) is 3.47. The van der Waals surface area contributed by atoms with Gasteiger partial charge in [0.15, 0.2) is 0 Å². The van der Waals surface area contributed by atoms with Crippen LogP contribution < -0.4 is 10.5 Å². The third-order valence-electron chi connectivity index (χ3n) is 2.71. The molecule has 0 saturated carbocycles. The molecule has 0 saturated heterocycles. The highest BCUT2D eigenvalue weighted by atomic mass is 32.2. The second-order valence-electron chi connectivity index (χ2n) is 4.33. The summed E-state index contributed by atoms with van der Waals surface area (Å²) in [7, 11) is -8.30. The highest BCUT2D eigenvalue weighted by Gasteiger charge is 2.16. The number of sulfonamides is 1. The van der Waals surface area contributed by atoms with Crippen LogP contribution in [-0.2, 0) is 20.1 Å². The number of nitrogen functional groups attached to an aromatic ring is 1. The van der Waals surface area contributed by atoms with Crippen LogP contribution in [0.5, 0.6) is 5.75 Å². The minimum absolute atomic E-state index is 0.0930. The Labute approximate surface area is 127 Å². The molecule has 0 spiro atoms. The van der Waals surface area contributed by atoms with Gasteiger partial charge in [0.2, 0.25) is 0 Å². The molecule has 2 rings (SSSR count). The van der Waals surface area contributed by atoms with E-state index in [1.165, 1.54) is 18.2 Å². The number of hydrogen-bond acceptors (Lipinski definition) is 6. The fourth-order valence-electron chi connectivity index (χ4n) is 1.61. The number of phenolic OH excluding ortho intramolecular Hbond substituents is 1. The summed E-state index contributed by atoms with van der Waals surface area (Å²) in [5.41, 5.74) is 5.45. The molecule has 10 heteroatoms. The van der Waals surface area contributed by atoms with Crippen LogP contribution in [0.25, 0.3) is 0 Å². The Bertz CT molecular complexity index is 905. The van der Waals surface area contributed by atoms with Gasteiger partial charge < -0.3 is 10.8 Å². The number of aromatic hydroxyl groups is 1. The van der Waals surface area contributed by atoms with E-state index in [1.54, 1.807) is 0 Å². The Morgan fingerprint density at radius 2 is 1.45 bits per heavy atom. The third-order valence-corrected chi connectivity index (χ3v) is 4.96. The van der Waals surface area contributed by atoms with E-state index in [2.05, 4.69) is 4.72 Å². The molecule has 22 heavy (non-hydrogen) atoms. The van der Waals surface area contributed by atoms with Crippen LogP contribution in [0.4, 0.5) is 11.4 Å². The van der Waals surface area contributed by atoms with Crippen molar-refractivity contribution in [2.75, 3.05) is 10.5 Å². The van der Waals surface area contributed by atoms with Gasteiger partial charge in [-0.25, -0.2) is 8.42 Å². The number of anilines is 2. The molecule has 0 heterocycles. The van der Waals surface area contributed by atoms with Gasteiger partial charge in [0.1, 0.15) is 5.75 Å². The fourth-order valence-corrected chi connectivity index (χ4v) is 3.18. The van der Waals surface area contributed by atoms with Crippen molar-refractivity contribution in [3.63, 3.8) is 0 Å². The number of phenols is 1. The lowest BCUT2D eigenvalue weighted by molar-refractivity contribution is 0.477. The lowest BCUT2D eigenvalue weighted by atomic mass is 10.3. The zero-order valence-corrected chi connectivity index (χ0v) is 12.6. The molecule has 0 bridgehead atoms. The quantitative estimate of drug-likeness (QED) is 0.368. The van der Waals surface area contributed by atoms with Gasteiger partial charge in [-0.1, -0.05) is 0 Å². The molecule has 2 aromatic carbocycles. The maximum atomic E-state index is 12.1. The van der Waals surface area contributed by atoms with Crippen molar-refractivity contribution in [1.82, 2.24) is 0 Å². The van der Waals surface area contributed by atoms with Gasteiger partial charge in [-0.3, -0.25) is 9.27 Å². The molecule has 0 fully saturated rings. The lowest BCUT2D eigenvalue weighted by Gasteiger charge is -2.09. The molecule has 8 nitrogen and oxygen atoms in total. The molecule has 0 atom stereocenters. The van der Waals surface area contributed by atoms with Gasteiger partial charge in [-0.2, -0.15) is 8.42 Å². The summed E-state index contributed by atoms with van der Waals surface area (Å²) in [6, 6.07) is 7.88. The lowest BCUT2D eigenvalue weighted by Crippen LogP contribution is -2.13. The molecule has 0 unspecified atom stereocenters. The van der Waals surface area contributed by atoms with E-state index in [0.29, 0.717) is 0 Å². The molecule has 0 radical (unpaired) electrons. The maximum Gasteiger partial charge on any atom is 0.294 e. The van der Waals surface area contributed by atoms with E-state index in [1.807, 2.05) is 0 Å². The van der Waals surface area contributed by atoms with Gasteiger partial charge in [0, 0.05) is 5.69 Å². The predicted octanol–water partition coefficient (Wildman–Crippen LogP) is 1.02. The van der Waals surface area contributed by atoms with E-state index in [-0.39, 0.29) is 26.9 Å². The largest absolute Gasteiger partial charge is 0.506 e. The first kappa shape index (κ1) is 16.1. The van der Waals surface area contributed by atoms with E-state index in [0.717, 1.165) is 24.3 Å². The summed E-state index contributed by atoms with van der Waals surface area (Å²) in [6.45, 7) is 0. The van der Waals surface area contributed by atoms with Crippen molar-refractivity contribution in [1.29, 1.82) is 0 Å². The van der Waals surface area contributed by atoms with Gasteiger partial charge >= 0.3 is 0 Å². The van der Waals surface area contributed by atoms with Crippen LogP contribution in [0.1, 0.15) is 0 Å². The molecule has 0 aromatic heterocycles. The summed E-state index contributed by atoms with van der Waals surface area (Å²) >= 11 is 0. The number of benzene rings is 2. The van der Waals surface area contributed by atoms with Gasteiger partial charge in [-0.15, -0.1) is 0 Å². The van der Waals surface area contributed by atoms with Crippen molar-refractivity contribution in [2.45, 2.75) is 9.79 Å². The Kier molecular flexibility index (Phi) is 4.00. The number of nitrogens with one attached hydrogen (secondary N) is 1. The van der Waals surface area contributed by atoms with Crippen LogP contribution in [0.2, 0.25) is 0 Å². The SMILES string of the molecule is Nc1cc(S(=O)(=O)Nc2ccc(S(=O)(=O)O)cc2)ccc1O. The summed E-state index contributed by atoms with van der Waals surface area (Å²) in [5, 5.41) is 9.29. The van der Waals surface area contributed by atoms with E-state index >= 15 is 0 Å². The van der Waals surface area contributed by atoms with E-state index in [9.17, 15) is 21.9 Å². The molecule has 2 aromatic rings. The summed E-state index contributed by atoms with van der Waals surface area (Å²) in [5.74, 6) is -0.239. The Balaban J connectivity index is 2.30. The van der Waals surface area contributed by atoms with E-state index in [4.69, 9.17) is 10.3 Å². The fraction of sp³-hybridized carbons (Fsp3) is 0. The highest BCUT2D eigenvalue weighted by Crippen LogP contribution is 2.25. The molecule has 0 aliphatic heterocycles. The van der Waals surface area contributed by atoms with Crippen LogP contribution in [0.3, 0.4) is 0 Å². The molecule has 0 amide bonds. The van der Waals surface area contributed by atoms with Gasteiger partial charge in [0.05, 0.1) is 15.5 Å². The summed E-state index contributed by atoms with van der Waals surface area (Å²) < 4.78 is 57.1. The minimum atomic E-state index is -4.35. The van der Waals surface area contributed by atoms with Crippen LogP contribution in [-0.4, -0.2) is 26.5 Å². The zero-order valence-electron chi connectivity index (χ0n) is 11.0. The van der Waals surface area contributed by atoms with Crippen molar-refractivity contribution in [2.24, 2.45) is 0 Å². The molecular weight excluding hydrogens is 332 g/mol. The predicted molar refractivity (Wildman–Crippen MR) is 79.6 cm³/mol. The molecule has 5 N–H and O–H groups in total. The zero-order chi connectivity index (χ0) is 16.5. The van der Waals surface area contributed by atoms with Crippen LogP contribution in [0, 0.1) is 0 Å². The van der Waals surface area contributed by atoms with Crippen molar-refractivity contribution in [3.05, 3.63) is 42.5 Å². The summed E-state index contributed by atoms with van der Waals surface area (Å²) in [4.78, 5) is -0.522. The van der Waals surface area contributed by atoms with E-state index < -0.39 is 20.1 Å². The monoisotopic (exact) mass is 344 g/mol. The highest BCUT2D eigenvalue weighted by molar-refractivity contribution is 7.92. The first-order valence-electron chi connectivity index (χ1n) is 5.78. The van der Waals surface area contributed by atoms with Gasteiger partial charge in [-0.05, 0) is 42.5 Å². The Morgan fingerprint density at radius 1 is 0.909 bits per heavy atom. The van der Waals surface area contributed by atoms with Crippen molar-refractivity contribution in [3.8, 4) is 5.75 Å². The molecule has 118 valence electrons. The minimum Gasteiger partial charge on any atom is -0.506 e. The smallest absolute Gasteiger partial charge is 0.294 e. The maximum absolute atomic E-state index is 12.1. The van der Waals surface area contributed by atoms with Gasteiger partial charge in [0.25, 0.3) is 20.1 Å². The molecular formula is C12H12N2O6S2. The number of nitrogens with two attached hydrogens (primary N) is 1. The Hall–Kier alpha value is -2.30. The Morgan fingerprint density at radius 3 is 1.95 bits per heavy atom. The second-order valence-corrected chi connectivity index (χ2v) is 7.43. The molecule has 0 aliphatic rings. The molecule has 0 aliphatic carbocycles. The summed E-state index contributed by atoms with van der Waals surface area (Å²) in [6.07, 6.45) is 0. The second kappa shape index (κ2) is 5.48. The standard InChI is InChI=1S/C12H12N2O6S2/c13-11-7-10(5-6-12(11)15)21(16,17)14-8-1-3-9(4-2-8)22(18,19)20/h1-7,14-15H,13H2,(H,18,19,20).